The Kier molecular flexibility index (Phi) is 7.53. The molecule has 0 heterocycles. The summed E-state index contributed by atoms with van der Waals surface area (Å²) in [6.07, 6.45) is 1.84. The monoisotopic (exact) mass is 370 g/mol. The molecule has 0 saturated heterocycles. The second-order valence-electron chi connectivity index (χ2n) is 6.82. The summed E-state index contributed by atoms with van der Waals surface area (Å²) < 4.78 is 10.7. The molecule has 0 saturated carbocycles. The molecule has 5 heteroatoms. The minimum Gasteiger partial charge on any atom is -0.493 e. The Labute approximate surface area is 162 Å². The number of carbonyl (C=O) groups excluding carboxylic acids is 1. The predicted octanol–water partition coefficient (Wildman–Crippen LogP) is 3.95. The number of rotatable bonds is 9. The van der Waals surface area contributed by atoms with Gasteiger partial charge in [0.1, 0.15) is 6.04 Å². The topological polar surface area (TPSA) is 59.6 Å². The van der Waals surface area contributed by atoms with E-state index >= 15 is 0 Å². The zero-order valence-electron chi connectivity index (χ0n) is 16.8. The number of nitrogens with one attached hydrogen (secondary N) is 2. The molecule has 0 aliphatic rings. The Bertz CT molecular complexity index is 747. The second-order valence-corrected chi connectivity index (χ2v) is 6.82. The molecule has 5 nitrogen and oxygen atoms in total. The van der Waals surface area contributed by atoms with Crippen LogP contribution in [0.1, 0.15) is 31.4 Å². The van der Waals surface area contributed by atoms with Crippen LogP contribution in [-0.4, -0.2) is 32.2 Å². The normalized spacial score (nSPS) is 12.8. The van der Waals surface area contributed by atoms with Crippen LogP contribution < -0.4 is 20.1 Å². The number of hydrogen-bond acceptors (Lipinski definition) is 4. The fraction of sp³-hybridized carbons (Fsp3) is 0.409. The predicted molar refractivity (Wildman–Crippen MR) is 110 cm³/mol. The summed E-state index contributed by atoms with van der Waals surface area (Å²) in [5.41, 5.74) is 3.13. The zero-order valence-corrected chi connectivity index (χ0v) is 16.8. The second kappa shape index (κ2) is 9.86. The molecular formula is C22H30N2O3. The molecule has 27 heavy (non-hydrogen) atoms. The Morgan fingerprint density at radius 1 is 1.04 bits per heavy atom. The van der Waals surface area contributed by atoms with E-state index in [1.807, 2.05) is 51.1 Å². The summed E-state index contributed by atoms with van der Waals surface area (Å²) in [4.78, 5) is 12.5. The van der Waals surface area contributed by atoms with Crippen molar-refractivity contribution in [2.75, 3.05) is 19.5 Å². The summed E-state index contributed by atoms with van der Waals surface area (Å²) in [6, 6.07) is 13.8. The molecule has 2 aromatic rings. The molecular weight excluding hydrogens is 340 g/mol. The Hall–Kier alpha value is -2.69. The fourth-order valence-corrected chi connectivity index (χ4v) is 2.90. The van der Waals surface area contributed by atoms with Gasteiger partial charge in [-0.25, -0.2) is 0 Å². The number of amides is 1. The summed E-state index contributed by atoms with van der Waals surface area (Å²) in [7, 11) is 3.21. The summed E-state index contributed by atoms with van der Waals surface area (Å²) in [5, 5.41) is 6.35. The van der Waals surface area contributed by atoms with Crippen molar-refractivity contribution >= 4 is 11.6 Å². The zero-order chi connectivity index (χ0) is 19.8. The lowest BCUT2D eigenvalue weighted by Gasteiger charge is -2.21. The number of benzene rings is 2. The number of methoxy groups -OCH3 is 2. The molecule has 0 aromatic heterocycles. The lowest BCUT2D eigenvalue weighted by molar-refractivity contribution is -0.122. The van der Waals surface area contributed by atoms with Crippen molar-refractivity contribution in [1.29, 1.82) is 0 Å². The van der Waals surface area contributed by atoms with Gasteiger partial charge in [0.05, 0.1) is 14.2 Å². The largest absolute Gasteiger partial charge is 0.493 e. The molecule has 0 bridgehead atoms. The Balaban J connectivity index is 1.91. The molecule has 2 rings (SSSR count). The number of carbonyl (C=O) groups is 1. The maximum Gasteiger partial charge on any atom is 0.242 e. The van der Waals surface area contributed by atoms with E-state index in [0.717, 1.165) is 24.1 Å². The van der Waals surface area contributed by atoms with Crippen LogP contribution in [0.2, 0.25) is 0 Å². The molecule has 0 unspecified atom stereocenters. The van der Waals surface area contributed by atoms with Gasteiger partial charge in [-0.15, -0.1) is 0 Å². The highest BCUT2D eigenvalue weighted by atomic mass is 16.5. The Morgan fingerprint density at radius 2 is 1.67 bits per heavy atom. The van der Waals surface area contributed by atoms with E-state index in [1.54, 1.807) is 14.2 Å². The van der Waals surface area contributed by atoms with E-state index in [-0.39, 0.29) is 18.0 Å². The van der Waals surface area contributed by atoms with Gasteiger partial charge in [0, 0.05) is 17.8 Å². The molecule has 0 aliphatic heterocycles. The first-order chi connectivity index (χ1) is 12.9. The van der Waals surface area contributed by atoms with Crippen molar-refractivity contribution < 1.29 is 14.3 Å². The van der Waals surface area contributed by atoms with Crippen LogP contribution in [0.3, 0.4) is 0 Å². The highest BCUT2D eigenvalue weighted by Crippen LogP contribution is 2.33. The van der Waals surface area contributed by atoms with Crippen molar-refractivity contribution in [3.05, 3.63) is 53.6 Å². The van der Waals surface area contributed by atoms with E-state index in [9.17, 15) is 4.79 Å². The van der Waals surface area contributed by atoms with Gasteiger partial charge in [0.15, 0.2) is 11.5 Å². The third-order valence-corrected chi connectivity index (χ3v) is 4.59. The van der Waals surface area contributed by atoms with E-state index in [0.29, 0.717) is 11.5 Å². The van der Waals surface area contributed by atoms with Crippen LogP contribution in [-0.2, 0) is 11.2 Å². The highest BCUT2D eigenvalue weighted by molar-refractivity contribution is 5.84. The van der Waals surface area contributed by atoms with Gasteiger partial charge in [-0.2, -0.15) is 0 Å². The maximum absolute atomic E-state index is 12.5. The van der Waals surface area contributed by atoms with Crippen molar-refractivity contribution in [3.63, 3.8) is 0 Å². The van der Waals surface area contributed by atoms with Gasteiger partial charge in [-0.05, 0) is 50.8 Å². The Morgan fingerprint density at radius 3 is 2.30 bits per heavy atom. The molecule has 0 aliphatic carbocycles. The van der Waals surface area contributed by atoms with Crippen LogP contribution in [0.25, 0.3) is 0 Å². The fourth-order valence-electron chi connectivity index (χ4n) is 2.90. The van der Waals surface area contributed by atoms with Crippen LogP contribution in [0.4, 0.5) is 5.69 Å². The van der Waals surface area contributed by atoms with Gasteiger partial charge in [-0.1, -0.05) is 30.3 Å². The molecule has 2 N–H and O–H groups in total. The minimum absolute atomic E-state index is 0.0234. The van der Waals surface area contributed by atoms with Crippen molar-refractivity contribution in [3.8, 4) is 11.5 Å². The summed E-state index contributed by atoms with van der Waals surface area (Å²) >= 11 is 0. The average molecular weight is 370 g/mol. The highest BCUT2D eigenvalue weighted by Gasteiger charge is 2.17. The van der Waals surface area contributed by atoms with E-state index < -0.39 is 0 Å². The molecule has 0 spiro atoms. The van der Waals surface area contributed by atoms with Crippen LogP contribution in [0.15, 0.2) is 42.5 Å². The van der Waals surface area contributed by atoms with E-state index in [1.165, 1.54) is 5.56 Å². The van der Waals surface area contributed by atoms with Crippen molar-refractivity contribution in [2.45, 2.75) is 45.7 Å². The quantitative estimate of drug-likeness (QED) is 0.702. The number of aryl methyl sites for hydroxylation is 2. The van der Waals surface area contributed by atoms with Gasteiger partial charge < -0.3 is 20.1 Å². The maximum atomic E-state index is 12.5. The average Bonchev–Trinajstić information content (AvgIpc) is 2.68. The standard InChI is InChI=1S/C22H30N2O3/c1-15-13-20(26-4)21(27-5)14-19(15)24-17(3)22(25)23-16(2)11-12-18-9-7-6-8-10-18/h6-10,13-14,16-17,24H,11-12H2,1-5H3,(H,23,25)/t16-,17-/m0/s1. The number of anilines is 1. The number of hydrogen-bond donors (Lipinski definition) is 2. The first-order valence-electron chi connectivity index (χ1n) is 9.28. The molecule has 2 aromatic carbocycles. The third-order valence-electron chi connectivity index (χ3n) is 4.59. The van der Waals surface area contributed by atoms with E-state index in [2.05, 4.69) is 22.8 Å². The molecule has 2 atom stereocenters. The van der Waals surface area contributed by atoms with Crippen molar-refractivity contribution in [2.24, 2.45) is 0 Å². The number of ether oxygens (including phenoxy) is 2. The smallest absolute Gasteiger partial charge is 0.242 e. The van der Waals surface area contributed by atoms with Crippen LogP contribution in [0.5, 0.6) is 11.5 Å². The van der Waals surface area contributed by atoms with Gasteiger partial charge >= 0.3 is 0 Å². The SMILES string of the molecule is COc1cc(C)c(N[C@@H](C)C(=O)N[C@@H](C)CCc2ccccc2)cc1OC. The van der Waals surface area contributed by atoms with E-state index in [4.69, 9.17) is 9.47 Å². The lowest BCUT2D eigenvalue weighted by atomic mass is 10.1. The first-order valence-corrected chi connectivity index (χ1v) is 9.28. The summed E-state index contributed by atoms with van der Waals surface area (Å²) in [5.74, 6) is 1.28. The van der Waals surface area contributed by atoms with Gasteiger partial charge in [-0.3, -0.25) is 4.79 Å². The third kappa shape index (κ3) is 5.91. The molecule has 0 radical (unpaired) electrons. The van der Waals surface area contributed by atoms with Crippen LogP contribution >= 0.6 is 0 Å². The van der Waals surface area contributed by atoms with Gasteiger partial charge in [0.2, 0.25) is 5.91 Å². The summed E-state index contributed by atoms with van der Waals surface area (Å²) in [6.45, 7) is 5.86. The van der Waals surface area contributed by atoms with Crippen LogP contribution in [0, 0.1) is 6.92 Å². The van der Waals surface area contributed by atoms with Crippen molar-refractivity contribution in [1.82, 2.24) is 5.32 Å². The minimum atomic E-state index is -0.360. The lowest BCUT2D eigenvalue weighted by Crippen LogP contribution is -2.42. The molecule has 1 amide bonds. The molecule has 146 valence electrons. The first kappa shape index (κ1) is 20.6. The van der Waals surface area contributed by atoms with Gasteiger partial charge in [0.25, 0.3) is 0 Å². The molecule has 0 fully saturated rings.